The van der Waals surface area contributed by atoms with Gasteiger partial charge in [-0.3, -0.25) is 10.1 Å². The van der Waals surface area contributed by atoms with Crippen molar-refractivity contribution in [3.05, 3.63) is 52.1 Å². The Hall–Kier alpha value is -2.89. The van der Waals surface area contributed by atoms with E-state index in [9.17, 15) is 18.5 Å². The number of morpholine rings is 1. The van der Waals surface area contributed by atoms with Crippen molar-refractivity contribution in [3.8, 4) is 11.5 Å². The summed E-state index contributed by atoms with van der Waals surface area (Å²) < 4.78 is 43.5. The van der Waals surface area contributed by atoms with Gasteiger partial charge in [-0.2, -0.15) is 4.31 Å². The van der Waals surface area contributed by atoms with E-state index in [1.165, 1.54) is 16.4 Å². The van der Waals surface area contributed by atoms with Gasteiger partial charge in [0.15, 0.2) is 11.5 Å². The Bertz CT molecular complexity index is 1090. The fourth-order valence-corrected chi connectivity index (χ4v) is 4.96. The maximum absolute atomic E-state index is 12.9. The lowest BCUT2D eigenvalue weighted by Crippen LogP contribution is -2.40. The summed E-state index contributed by atoms with van der Waals surface area (Å²) >= 11 is 0. The van der Waals surface area contributed by atoms with Crippen molar-refractivity contribution in [1.82, 2.24) is 4.31 Å². The number of anilines is 1. The molecule has 180 valence electrons. The highest BCUT2D eigenvalue weighted by molar-refractivity contribution is 7.89. The molecule has 11 heteroatoms. The monoisotopic (exact) mass is 479 g/mol. The van der Waals surface area contributed by atoms with Crippen LogP contribution in [0, 0.1) is 10.1 Å². The normalized spacial score (nSPS) is 15.6. The molecule has 0 saturated carbocycles. The van der Waals surface area contributed by atoms with Crippen molar-refractivity contribution < 1.29 is 27.6 Å². The molecule has 1 saturated heterocycles. The topological polar surface area (TPSA) is 120 Å². The molecular formula is C22H29N3O7S. The van der Waals surface area contributed by atoms with Crippen molar-refractivity contribution in [2.75, 3.05) is 44.8 Å². The van der Waals surface area contributed by atoms with Crippen molar-refractivity contribution in [3.63, 3.8) is 0 Å². The Morgan fingerprint density at radius 1 is 1.09 bits per heavy atom. The Kier molecular flexibility index (Phi) is 8.11. The molecule has 0 aromatic heterocycles. The van der Waals surface area contributed by atoms with Gasteiger partial charge in [-0.1, -0.05) is 6.07 Å². The second-order valence-electron chi connectivity index (χ2n) is 7.39. The van der Waals surface area contributed by atoms with Gasteiger partial charge in [0.1, 0.15) is 5.69 Å². The number of rotatable bonds is 10. The number of nitro groups is 1. The van der Waals surface area contributed by atoms with Crippen LogP contribution in [-0.2, 0) is 14.8 Å². The lowest BCUT2D eigenvalue weighted by Gasteiger charge is -2.26. The fraction of sp³-hybridized carbons (Fsp3) is 0.455. The van der Waals surface area contributed by atoms with Gasteiger partial charge in [0.2, 0.25) is 10.0 Å². The molecule has 1 aliphatic heterocycles. The van der Waals surface area contributed by atoms with Crippen LogP contribution in [0.2, 0.25) is 0 Å². The maximum atomic E-state index is 12.9. The summed E-state index contributed by atoms with van der Waals surface area (Å²) in [7, 11) is -3.85. The average molecular weight is 480 g/mol. The minimum Gasteiger partial charge on any atom is -0.490 e. The van der Waals surface area contributed by atoms with Crippen LogP contribution in [0.3, 0.4) is 0 Å². The number of hydrogen-bond donors (Lipinski definition) is 1. The predicted molar refractivity (Wildman–Crippen MR) is 123 cm³/mol. The predicted octanol–water partition coefficient (Wildman–Crippen LogP) is 3.59. The molecule has 1 aliphatic rings. The Morgan fingerprint density at radius 3 is 2.39 bits per heavy atom. The second-order valence-corrected chi connectivity index (χ2v) is 9.33. The molecule has 0 aliphatic carbocycles. The van der Waals surface area contributed by atoms with E-state index in [1.54, 1.807) is 6.07 Å². The van der Waals surface area contributed by atoms with E-state index in [1.807, 2.05) is 32.9 Å². The molecule has 1 heterocycles. The van der Waals surface area contributed by atoms with Gasteiger partial charge < -0.3 is 19.5 Å². The molecule has 33 heavy (non-hydrogen) atoms. The fourth-order valence-electron chi connectivity index (χ4n) is 3.53. The highest BCUT2D eigenvalue weighted by atomic mass is 32.2. The molecule has 1 atom stereocenters. The van der Waals surface area contributed by atoms with E-state index in [2.05, 4.69) is 5.32 Å². The summed E-state index contributed by atoms with van der Waals surface area (Å²) in [5.74, 6) is 1.21. The molecule has 0 bridgehead atoms. The Labute approximate surface area is 193 Å². The van der Waals surface area contributed by atoms with Crippen LogP contribution >= 0.6 is 0 Å². The maximum Gasteiger partial charge on any atom is 0.293 e. The van der Waals surface area contributed by atoms with Crippen molar-refractivity contribution >= 4 is 21.4 Å². The van der Waals surface area contributed by atoms with Crippen LogP contribution in [-0.4, -0.2) is 57.2 Å². The first-order valence-electron chi connectivity index (χ1n) is 10.8. The first kappa shape index (κ1) is 24.7. The van der Waals surface area contributed by atoms with Crippen LogP contribution in [0.5, 0.6) is 11.5 Å². The summed E-state index contributed by atoms with van der Waals surface area (Å²) in [5.41, 5.74) is 0.744. The number of nitrogens with one attached hydrogen (secondary N) is 1. The number of hydrogen-bond acceptors (Lipinski definition) is 8. The average Bonchev–Trinajstić information content (AvgIpc) is 2.81. The summed E-state index contributed by atoms with van der Waals surface area (Å²) in [5, 5.41) is 14.9. The Morgan fingerprint density at radius 2 is 1.76 bits per heavy atom. The van der Waals surface area contributed by atoms with Crippen LogP contribution in [0.1, 0.15) is 32.4 Å². The molecule has 0 radical (unpaired) electrons. The molecule has 1 N–H and O–H groups in total. The van der Waals surface area contributed by atoms with E-state index in [0.717, 1.165) is 11.6 Å². The standard InChI is InChI=1S/C22H29N3O7S/c1-4-31-21-9-6-17(14-22(21)32-5-2)16(3)23-19-8-7-18(15-20(19)25(26)27)33(28,29)24-10-12-30-13-11-24/h6-9,14-16,23H,4-5,10-13H2,1-3H3/t16-/m1/s1. The third kappa shape index (κ3) is 5.73. The molecular weight excluding hydrogens is 450 g/mol. The minimum atomic E-state index is -3.85. The van der Waals surface area contributed by atoms with Gasteiger partial charge >= 0.3 is 0 Å². The van der Waals surface area contributed by atoms with E-state index in [-0.39, 0.29) is 35.4 Å². The smallest absolute Gasteiger partial charge is 0.293 e. The summed E-state index contributed by atoms with van der Waals surface area (Å²) in [6, 6.07) is 9.08. The number of benzene rings is 2. The van der Waals surface area contributed by atoms with Gasteiger partial charge in [-0.15, -0.1) is 0 Å². The third-order valence-corrected chi connectivity index (χ3v) is 7.11. The first-order valence-corrected chi connectivity index (χ1v) is 12.2. The van der Waals surface area contributed by atoms with Gasteiger partial charge in [0.25, 0.3) is 5.69 Å². The zero-order valence-electron chi connectivity index (χ0n) is 18.9. The second kappa shape index (κ2) is 10.8. The third-order valence-electron chi connectivity index (χ3n) is 5.21. The number of ether oxygens (including phenoxy) is 3. The van der Waals surface area contributed by atoms with Crippen LogP contribution in [0.25, 0.3) is 0 Å². The molecule has 2 aromatic carbocycles. The van der Waals surface area contributed by atoms with Crippen LogP contribution < -0.4 is 14.8 Å². The van der Waals surface area contributed by atoms with E-state index in [4.69, 9.17) is 14.2 Å². The highest BCUT2D eigenvalue weighted by Gasteiger charge is 2.29. The van der Waals surface area contributed by atoms with E-state index in [0.29, 0.717) is 37.9 Å². The molecule has 3 rings (SSSR count). The lowest BCUT2D eigenvalue weighted by molar-refractivity contribution is -0.384. The Balaban J connectivity index is 1.87. The molecule has 10 nitrogen and oxygen atoms in total. The zero-order chi connectivity index (χ0) is 24.0. The van der Waals surface area contributed by atoms with E-state index >= 15 is 0 Å². The summed E-state index contributed by atoms with van der Waals surface area (Å²) in [4.78, 5) is 11.0. The van der Waals surface area contributed by atoms with Gasteiger partial charge in [0, 0.05) is 25.2 Å². The van der Waals surface area contributed by atoms with Gasteiger partial charge in [-0.25, -0.2) is 8.42 Å². The summed E-state index contributed by atoms with van der Waals surface area (Å²) in [6.45, 7) is 7.60. The van der Waals surface area contributed by atoms with Crippen LogP contribution in [0.4, 0.5) is 11.4 Å². The largest absolute Gasteiger partial charge is 0.490 e. The van der Waals surface area contributed by atoms with Crippen molar-refractivity contribution in [2.45, 2.75) is 31.7 Å². The minimum absolute atomic E-state index is 0.117. The SMILES string of the molecule is CCOc1ccc([C@@H](C)Nc2ccc(S(=O)(=O)N3CCOCC3)cc2[N+](=O)[O-])cc1OCC. The van der Waals surface area contributed by atoms with E-state index < -0.39 is 14.9 Å². The molecule has 0 spiro atoms. The van der Waals surface area contributed by atoms with Gasteiger partial charge in [-0.05, 0) is 50.6 Å². The van der Waals surface area contributed by atoms with Crippen LogP contribution in [0.15, 0.2) is 41.3 Å². The first-order chi connectivity index (χ1) is 15.8. The van der Waals surface area contributed by atoms with Crippen molar-refractivity contribution in [2.24, 2.45) is 0 Å². The highest BCUT2D eigenvalue weighted by Crippen LogP contribution is 2.35. The zero-order valence-corrected chi connectivity index (χ0v) is 19.8. The number of nitrogens with zero attached hydrogens (tertiary/aromatic N) is 2. The van der Waals surface area contributed by atoms with Gasteiger partial charge in [0.05, 0.1) is 36.2 Å². The summed E-state index contributed by atoms with van der Waals surface area (Å²) in [6.07, 6.45) is 0. The molecule has 0 unspecified atom stereocenters. The number of nitro benzene ring substituents is 1. The molecule has 2 aromatic rings. The number of sulfonamides is 1. The quantitative estimate of drug-likeness (QED) is 0.405. The van der Waals surface area contributed by atoms with Crippen molar-refractivity contribution in [1.29, 1.82) is 0 Å². The molecule has 0 amide bonds. The molecule has 1 fully saturated rings. The lowest BCUT2D eigenvalue weighted by atomic mass is 10.1.